The van der Waals surface area contributed by atoms with Gasteiger partial charge >= 0.3 is 0 Å². The van der Waals surface area contributed by atoms with Gasteiger partial charge in [0.15, 0.2) is 5.78 Å². The van der Waals surface area contributed by atoms with E-state index < -0.39 is 0 Å². The van der Waals surface area contributed by atoms with Gasteiger partial charge in [-0.05, 0) is 31.2 Å². The van der Waals surface area contributed by atoms with Crippen LogP contribution in [0.4, 0.5) is 0 Å². The normalized spacial score (nSPS) is 35.4. The molecule has 0 amide bonds. The predicted octanol–water partition coefficient (Wildman–Crippen LogP) is 3.62. The van der Waals surface area contributed by atoms with Gasteiger partial charge in [-0.25, -0.2) is 0 Å². The Balaban J connectivity index is 1.37. The average Bonchev–Trinajstić information content (AvgIpc) is 3.23. The molecule has 2 aliphatic heterocycles. The zero-order valence-corrected chi connectivity index (χ0v) is 15.2. The van der Waals surface area contributed by atoms with E-state index in [9.17, 15) is 4.79 Å². The van der Waals surface area contributed by atoms with Gasteiger partial charge in [0.05, 0.1) is 30.6 Å². The summed E-state index contributed by atoms with van der Waals surface area (Å²) in [6.07, 6.45) is 9.01. The van der Waals surface area contributed by atoms with Gasteiger partial charge in [-0.15, -0.1) is 0 Å². The van der Waals surface area contributed by atoms with Gasteiger partial charge in [0.2, 0.25) is 0 Å². The Morgan fingerprint density at radius 2 is 1.81 bits per heavy atom. The Bertz CT molecular complexity index is 695. The Labute approximate surface area is 155 Å². The van der Waals surface area contributed by atoms with E-state index in [1.54, 1.807) is 6.26 Å². The number of ketones is 1. The van der Waals surface area contributed by atoms with Crippen LogP contribution in [0.15, 0.2) is 36.6 Å². The van der Waals surface area contributed by atoms with Gasteiger partial charge < -0.3 is 9.47 Å². The van der Waals surface area contributed by atoms with E-state index in [2.05, 4.69) is 4.90 Å². The molecule has 1 saturated heterocycles. The number of carbonyl (C=O) groups excluding carboxylic acids is 1. The molecule has 4 nitrogen and oxygen atoms in total. The summed E-state index contributed by atoms with van der Waals surface area (Å²) in [5.74, 6) is 0.535. The molecule has 0 radical (unpaired) electrons. The molecule has 26 heavy (non-hydrogen) atoms. The number of hydrogen-bond acceptors (Lipinski definition) is 4. The molecule has 4 unspecified atom stereocenters. The molecule has 4 heteroatoms. The lowest BCUT2D eigenvalue weighted by atomic mass is 9.71. The molecular formula is C22H27NO3. The van der Waals surface area contributed by atoms with Crippen molar-refractivity contribution in [1.82, 2.24) is 4.90 Å². The van der Waals surface area contributed by atoms with Crippen molar-refractivity contribution in [1.29, 1.82) is 0 Å². The van der Waals surface area contributed by atoms with Crippen LogP contribution in [0, 0.1) is 11.8 Å². The maximum Gasteiger partial charge on any atom is 0.173 e. The molecule has 5 rings (SSSR count). The zero-order valence-electron chi connectivity index (χ0n) is 15.2. The van der Waals surface area contributed by atoms with Crippen LogP contribution in [0.2, 0.25) is 0 Å². The van der Waals surface area contributed by atoms with Crippen LogP contribution in [0.3, 0.4) is 0 Å². The van der Waals surface area contributed by atoms with E-state index in [1.807, 2.05) is 30.3 Å². The highest BCUT2D eigenvalue weighted by Crippen LogP contribution is 2.42. The molecule has 4 atom stereocenters. The van der Waals surface area contributed by atoms with Crippen molar-refractivity contribution in [3.05, 3.63) is 42.2 Å². The van der Waals surface area contributed by atoms with E-state index in [1.165, 1.54) is 25.7 Å². The van der Waals surface area contributed by atoms with Crippen molar-refractivity contribution in [3.8, 4) is 0 Å². The molecule has 2 saturated carbocycles. The first-order chi connectivity index (χ1) is 12.8. The predicted molar refractivity (Wildman–Crippen MR) is 99.2 cm³/mol. The van der Waals surface area contributed by atoms with E-state index in [0.717, 1.165) is 37.3 Å². The number of ether oxygens (including phenoxy) is 2. The highest BCUT2D eigenvalue weighted by molar-refractivity contribution is 6.22. The molecule has 0 aromatic heterocycles. The molecule has 0 N–H and O–H groups in total. The van der Waals surface area contributed by atoms with Crippen molar-refractivity contribution in [2.75, 3.05) is 13.3 Å². The molecule has 4 aliphatic rings. The third kappa shape index (κ3) is 2.80. The van der Waals surface area contributed by atoms with Gasteiger partial charge in [-0.3, -0.25) is 9.69 Å². The second-order valence-corrected chi connectivity index (χ2v) is 8.25. The minimum Gasteiger partial charge on any atom is -0.496 e. The first-order valence-electron chi connectivity index (χ1n) is 10.1. The summed E-state index contributed by atoms with van der Waals surface area (Å²) in [5, 5.41) is 0. The summed E-state index contributed by atoms with van der Waals surface area (Å²) in [4.78, 5) is 15.7. The topological polar surface area (TPSA) is 38.8 Å². The molecule has 2 aliphatic carbocycles. The van der Waals surface area contributed by atoms with Crippen molar-refractivity contribution in [2.45, 2.75) is 56.8 Å². The van der Waals surface area contributed by atoms with Crippen molar-refractivity contribution < 1.29 is 14.3 Å². The molecule has 0 bridgehead atoms. The van der Waals surface area contributed by atoms with Crippen LogP contribution in [-0.4, -0.2) is 42.2 Å². The highest BCUT2D eigenvalue weighted by atomic mass is 16.5. The van der Waals surface area contributed by atoms with Crippen molar-refractivity contribution >= 4 is 11.4 Å². The lowest BCUT2D eigenvalue weighted by Crippen LogP contribution is -2.57. The number of rotatable bonds is 2. The lowest BCUT2D eigenvalue weighted by Gasteiger charge is -2.49. The average molecular weight is 353 g/mol. The van der Waals surface area contributed by atoms with Crippen LogP contribution in [0.5, 0.6) is 0 Å². The quantitative estimate of drug-likeness (QED) is 0.814. The number of nitrogens with zero attached hydrogens (tertiary/aromatic N) is 1. The fraction of sp³-hybridized carbons (Fsp3) is 0.591. The van der Waals surface area contributed by atoms with Gasteiger partial charge in [0.1, 0.15) is 6.10 Å². The lowest BCUT2D eigenvalue weighted by molar-refractivity contribution is -0.176. The Kier molecular flexibility index (Phi) is 4.33. The Morgan fingerprint density at radius 3 is 2.62 bits per heavy atom. The van der Waals surface area contributed by atoms with Crippen LogP contribution < -0.4 is 0 Å². The summed E-state index contributed by atoms with van der Waals surface area (Å²) in [6.45, 7) is 1.76. The number of benzene rings is 1. The first-order valence-corrected chi connectivity index (χ1v) is 10.1. The van der Waals surface area contributed by atoms with Crippen molar-refractivity contribution in [2.24, 2.45) is 11.8 Å². The van der Waals surface area contributed by atoms with Gasteiger partial charge in [-0.1, -0.05) is 43.2 Å². The zero-order chi connectivity index (χ0) is 17.5. The number of fused-ring (bicyclic) bond motifs is 3. The molecule has 1 aromatic carbocycles. The summed E-state index contributed by atoms with van der Waals surface area (Å²) in [5.41, 5.74) is 1.69. The third-order valence-electron chi connectivity index (χ3n) is 6.83. The number of hydrogen-bond donors (Lipinski definition) is 0. The number of carbonyl (C=O) groups is 1. The Morgan fingerprint density at radius 1 is 1.00 bits per heavy atom. The maximum atomic E-state index is 13.2. The molecule has 3 fully saturated rings. The molecule has 1 aromatic rings. The number of Topliss-reactive ketones (excluding diaryl/α,β-unsaturated/α-hetero) is 1. The Hall–Kier alpha value is -1.65. The first kappa shape index (κ1) is 16.5. The largest absolute Gasteiger partial charge is 0.496 e. The minimum absolute atomic E-state index is 0.0245. The minimum atomic E-state index is -0.0297. The van der Waals surface area contributed by atoms with Gasteiger partial charge in [-0.2, -0.15) is 0 Å². The standard InChI is InChI=1S/C22H27NO3/c24-21-17-10-11-20-18(12-23(14-26-20)16-8-4-5-9-16)22(17)25-13-19(21)15-6-2-1-3-7-15/h1-3,6-7,13,16-18,20,22H,4-5,8-12,14H2. The van der Waals surface area contributed by atoms with Crippen LogP contribution >= 0.6 is 0 Å². The fourth-order valence-corrected chi connectivity index (χ4v) is 5.41. The highest BCUT2D eigenvalue weighted by Gasteiger charge is 2.49. The summed E-state index contributed by atoms with van der Waals surface area (Å²) < 4.78 is 12.4. The molecule has 0 spiro atoms. The summed E-state index contributed by atoms with van der Waals surface area (Å²) >= 11 is 0. The number of allylic oxidation sites excluding steroid dienone is 1. The van der Waals surface area contributed by atoms with E-state index >= 15 is 0 Å². The van der Waals surface area contributed by atoms with Gasteiger partial charge in [0.25, 0.3) is 0 Å². The molecular weight excluding hydrogens is 326 g/mol. The second-order valence-electron chi connectivity index (χ2n) is 8.25. The molecule has 2 heterocycles. The maximum absolute atomic E-state index is 13.2. The molecule has 138 valence electrons. The van der Waals surface area contributed by atoms with E-state index in [4.69, 9.17) is 9.47 Å². The third-order valence-corrected chi connectivity index (χ3v) is 6.83. The SMILES string of the molecule is O=C1C(c2ccccc2)=COC2C1CCC1OCN(C3CCCC3)CC12. The fourth-order valence-electron chi connectivity index (χ4n) is 5.41. The van der Waals surface area contributed by atoms with Gasteiger partial charge in [0, 0.05) is 18.5 Å². The second kappa shape index (κ2) is 6.82. The van der Waals surface area contributed by atoms with E-state index in [0.29, 0.717) is 12.0 Å². The monoisotopic (exact) mass is 353 g/mol. The van der Waals surface area contributed by atoms with Crippen LogP contribution in [-0.2, 0) is 14.3 Å². The van der Waals surface area contributed by atoms with Crippen molar-refractivity contribution in [3.63, 3.8) is 0 Å². The smallest absolute Gasteiger partial charge is 0.173 e. The van der Waals surface area contributed by atoms with E-state index in [-0.39, 0.29) is 23.9 Å². The summed E-state index contributed by atoms with van der Waals surface area (Å²) in [7, 11) is 0. The van der Waals surface area contributed by atoms with Crippen LogP contribution in [0.25, 0.3) is 5.57 Å². The van der Waals surface area contributed by atoms with Crippen LogP contribution in [0.1, 0.15) is 44.1 Å². The summed E-state index contributed by atoms with van der Waals surface area (Å²) in [6, 6.07) is 10.6.